The first kappa shape index (κ1) is 16.4. The fourth-order valence-electron chi connectivity index (χ4n) is 2.75. The van der Waals surface area contributed by atoms with Gasteiger partial charge in [-0.25, -0.2) is 4.79 Å². The van der Waals surface area contributed by atoms with Gasteiger partial charge in [0, 0.05) is 37.6 Å². The Morgan fingerprint density at radius 1 is 0.840 bits per heavy atom. The summed E-state index contributed by atoms with van der Waals surface area (Å²) < 4.78 is 0. The number of rotatable bonds is 2. The number of amides is 2. The molecule has 124 valence electrons. The Morgan fingerprint density at radius 3 is 1.88 bits per heavy atom. The van der Waals surface area contributed by atoms with Gasteiger partial charge in [0.05, 0.1) is 23.3 Å². The van der Waals surface area contributed by atoms with Gasteiger partial charge in [0.15, 0.2) is 0 Å². The minimum Gasteiger partial charge on any atom is -0.368 e. The number of nitrogens with zero attached hydrogens (tertiary/aromatic N) is 4. The van der Waals surface area contributed by atoms with Crippen molar-refractivity contribution in [1.82, 2.24) is 4.90 Å². The van der Waals surface area contributed by atoms with Gasteiger partial charge in [-0.1, -0.05) is 0 Å². The molecule has 0 saturated carbocycles. The van der Waals surface area contributed by atoms with E-state index < -0.39 is 0 Å². The SMILES string of the molecule is N#Cc1ccc(NC(=O)N2CCN(c3ccc(C#N)cc3)CC2)cc1. The van der Waals surface area contributed by atoms with Gasteiger partial charge in [-0.05, 0) is 48.5 Å². The highest BCUT2D eigenvalue weighted by Crippen LogP contribution is 2.18. The molecule has 1 heterocycles. The number of carbonyl (C=O) groups excluding carboxylic acids is 1. The van der Waals surface area contributed by atoms with Crippen LogP contribution in [0.3, 0.4) is 0 Å². The number of hydrogen-bond donors (Lipinski definition) is 1. The number of carbonyl (C=O) groups is 1. The molecular formula is C19H17N5O. The fourth-order valence-corrected chi connectivity index (χ4v) is 2.75. The summed E-state index contributed by atoms with van der Waals surface area (Å²) >= 11 is 0. The lowest BCUT2D eigenvalue weighted by Crippen LogP contribution is -2.50. The average Bonchev–Trinajstić information content (AvgIpc) is 2.69. The summed E-state index contributed by atoms with van der Waals surface area (Å²) in [7, 11) is 0. The zero-order chi connectivity index (χ0) is 17.6. The molecule has 0 bridgehead atoms. The molecule has 1 aliphatic heterocycles. The number of benzene rings is 2. The molecule has 0 aliphatic carbocycles. The second-order valence-electron chi connectivity index (χ2n) is 5.75. The minimum atomic E-state index is -0.135. The van der Waals surface area contributed by atoms with Crippen LogP contribution in [0.4, 0.5) is 16.2 Å². The van der Waals surface area contributed by atoms with Crippen molar-refractivity contribution in [1.29, 1.82) is 10.5 Å². The van der Waals surface area contributed by atoms with Crippen LogP contribution in [0.5, 0.6) is 0 Å². The molecule has 1 aliphatic rings. The summed E-state index contributed by atoms with van der Waals surface area (Å²) in [6.45, 7) is 2.74. The van der Waals surface area contributed by atoms with Crippen molar-refractivity contribution >= 4 is 17.4 Å². The van der Waals surface area contributed by atoms with E-state index in [1.807, 2.05) is 12.1 Å². The Morgan fingerprint density at radius 2 is 1.36 bits per heavy atom. The van der Waals surface area contributed by atoms with Crippen LogP contribution >= 0.6 is 0 Å². The Balaban J connectivity index is 1.55. The standard InChI is InChI=1S/C19H17N5O/c20-13-15-1-5-17(6-2-15)22-19(25)24-11-9-23(10-12-24)18-7-3-16(14-21)4-8-18/h1-8H,9-12H2,(H,22,25). The van der Waals surface area contributed by atoms with Gasteiger partial charge in [-0.15, -0.1) is 0 Å². The summed E-state index contributed by atoms with van der Waals surface area (Å²) in [4.78, 5) is 16.3. The zero-order valence-electron chi connectivity index (χ0n) is 13.6. The Bertz CT molecular complexity index is 822. The molecule has 2 aromatic rings. The molecule has 6 nitrogen and oxygen atoms in total. The van der Waals surface area contributed by atoms with Crippen molar-refractivity contribution in [3.05, 3.63) is 59.7 Å². The predicted molar refractivity (Wildman–Crippen MR) is 95.1 cm³/mol. The van der Waals surface area contributed by atoms with E-state index in [9.17, 15) is 4.79 Å². The molecular weight excluding hydrogens is 314 g/mol. The first-order chi connectivity index (χ1) is 12.2. The largest absolute Gasteiger partial charge is 0.368 e. The van der Waals surface area contributed by atoms with Gasteiger partial charge in [0.1, 0.15) is 0 Å². The van der Waals surface area contributed by atoms with Gasteiger partial charge in [0.2, 0.25) is 0 Å². The fraction of sp³-hybridized carbons (Fsp3) is 0.211. The smallest absolute Gasteiger partial charge is 0.321 e. The Kier molecular flexibility index (Phi) is 4.82. The maximum Gasteiger partial charge on any atom is 0.321 e. The second-order valence-corrected chi connectivity index (χ2v) is 5.75. The van der Waals surface area contributed by atoms with Crippen molar-refractivity contribution < 1.29 is 4.79 Å². The first-order valence-corrected chi connectivity index (χ1v) is 8.01. The van der Waals surface area contributed by atoms with Crippen molar-refractivity contribution in [3.63, 3.8) is 0 Å². The topological polar surface area (TPSA) is 83.2 Å². The van der Waals surface area contributed by atoms with Crippen molar-refractivity contribution in [2.75, 3.05) is 36.4 Å². The second kappa shape index (κ2) is 7.37. The van der Waals surface area contributed by atoms with Gasteiger partial charge in [-0.3, -0.25) is 0 Å². The number of piperazine rings is 1. The molecule has 1 fully saturated rings. The van der Waals surface area contributed by atoms with Crippen molar-refractivity contribution in [2.45, 2.75) is 0 Å². The van der Waals surface area contributed by atoms with E-state index >= 15 is 0 Å². The third-order valence-corrected chi connectivity index (χ3v) is 4.19. The van der Waals surface area contributed by atoms with E-state index in [1.165, 1.54) is 0 Å². The molecule has 0 unspecified atom stereocenters. The van der Waals surface area contributed by atoms with Crippen molar-refractivity contribution in [3.8, 4) is 12.1 Å². The molecule has 0 spiro atoms. The van der Waals surface area contributed by atoms with Crippen LogP contribution in [0.25, 0.3) is 0 Å². The van der Waals surface area contributed by atoms with Crippen LogP contribution in [-0.2, 0) is 0 Å². The molecule has 1 saturated heterocycles. The normalized spacial score (nSPS) is 13.7. The van der Waals surface area contributed by atoms with E-state index in [1.54, 1.807) is 41.3 Å². The Labute approximate surface area is 146 Å². The van der Waals surface area contributed by atoms with Crippen LogP contribution in [0.15, 0.2) is 48.5 Å². The Hall–Kier alpha value is -3.51. The van der Waals surface area contributed by atoms with Gasteiger partial charge >= 0.3 is 6.03 Å². The highest BCUT2D eigenvalue weighted by molar-refractivity contribution is 5.89. The lowest BCUT2D eigenvalue weighted by molar-refractivity contribution is 0.208. The van der Waals surface area contributed by atoms with Crippen molar-refractivity contribution in [2.24, 2.45) is 0 Å². The molecule has 6 heteroatoms. The molecule has 0 atom stereocenters. The number of urea groups is 1. The lowest BCUT2D eigenvalue weighted by Gasteiger charge is -2.36. The first-order valence-electron chi connectivity index (χ1n) is 8.01. The lowest BCUT2D eigenvalue weighted by atomic mass is 10.2. The molecule has 2 aromatic carbocycles. The third-order valence-electron chi connectivity index (χ3n) is 4.19. The molecule has 0 aromatic heterocycles. The number of nitriles is 2. The summed E-state index contributed by atoms with van der Waals surface area (Å²) in [5, 5.41) is 20.5. The molecule has 1 N–H and O–H groups in total. The third kappa shape index (κ3) is 3.88. The monoisotopic (exact) mass is 331 g/mol. The maximum absolute atomic E-state index is 12.3. The highest BCUT2D eigenvalue weighted by Gasteiger charge is 2.21. The molecule has 25 heavy (non-hydrogen) atoms. The molecule has 3 rings (SSSR count). The van der Waals surface area contributed by atoms with E-state index in [0.717, 1.165) is 18.8 Å². The summed E-state index contributed by atoms with van der Waals surface area (Å²) in [5.41, 5.74) is 2.95. The molecule has 2 amide bonds. The molecule has 0 radical (unpaired) electrons. The highest BCUT2D eigenvalue weighted by atomic mass is 16.2. The summed E-state index contributed by atoms with van der Waals surface area (Å²) in [5.74, 6) is 0. The minimum absolute atomic E-state index is 0.135. The van der Waals surface area contributed by atoms with Crippen LogP contribution in [0.2, 0.25) is 0 Å². The van der Waals surface area contributed by atoms with Crippen LogP contribution in [-0.4, -0.2) is 37.1 Å². The van der Waals surface area contributed by atoms with E-state index in [2.05, 4.69) is 22.4 Å². The quantitative estimate of drug-likeness (QED) is 0.917. The van der Waals surface area contributed by atoms with Gasteiger partial charge < -0.3 is 15.1 Å². The summed E-state index contributed by atoms with van der Waals surface area (Å²) in [6, 6.07) is 18.3. The number of nitrogens with one attached hydrogen (secondary N) is 1. The van der Waals surface area contributed by atoms with Gasteiger partial charge in [0.25, 0.3) is 0 Å². The average molecular weight is 331 g/mol. The van der Waals surface area contributed by atoms with Gasteiger partial charge in [-0.2, -0.15) is 10.5 Å². The predicted octanol–water partition coefficient (Wildman–Crippen LogP) is 2.78. The van der Waals surface area contributed by atoms with E-state index in [0.29, 0.717) is 29.9 Å². The maximum atomic E-state index is 12.3. The number of anilines is 2. The van der Waals surface area contributed by atoms with Crippen LogP contribution < -0.4 is 10.2 Å². The van der Waals surface area contributed by atoms with E-state index in [-0.39, 0.29) is 6.03 Å². The zero-order valence-corrected chi connectivity index (χ0v) is 13.6. The van der Waals surface area contributed by atoms with Crippen LogP contribution in [0.1, 0.15) is 11.1 Å². The number of hydrogen-bond acceptors (Lipinski definition) is 4. The van der Waals surface area contributed by atoms with Crippen LogP contribution in [0, 0.1) is 22.7 Å². The summed E-state index contributed by atoms with van der Waals surface area (Å²) in [6.07, 6.45) is 0. The van der Waals surface area contributed by atoms with E-state index in [4.69, 9.17) is 10.5 Å².